The van der Waals surface area contributed by atoms with E-state index in [4.69, 9.17) is 10.5 Å². The van der Waals surface area contributed by atoms with Gasteiger partial charge in [-0.1, -0.05) is 12.1 Å². The number of hydrogen-bond acceptors (Lipinski definition) is 5. The van der Waals surface area contributed by atoms with E-state index in [1.807, 2.05) is 36.2 Å². The van der Waals surface area contributed by atoms with Gasteiger partial charge in [-0.2, -0.15) is 0 Å². The number of ether oxygens (including phenoxy) is 2. The van der Waals surface area contributed by atoms with Gasteiger partial charge in [0.25, 0.3) is 0 Å². The fourth-order valence-corrected chi connectivity index (χ4v) is 1.41. The van der Waals surface area contributed by atoms with E-state index in [1.54, 1.807) is 0 Å². The van der Waals surface area contributed by atoms with Crippen molar-refractivity contribution in [3.05, 3.63) is 29.8 Å². The standard InChI is InChI=1S/C13H20N2O3/c1-15(10-13(16)17-2)7-8-18-12-5-3-11(9-14)4-6-12/h3-6H,7-10,14H2,1-2H3. The molecule has 0 aliphatic rings. The van der Waals surface area contributed by atoms with Crippen LogP contribution in [-0.2, 0) is 16.1 Å². The number of likely N-dealkylation sites (N-methyl/N-ethyl adjacent to an activating group) is 1. The van der Waals surface area contributed by atoms with Gasteiger partial charge in [0.15, 0.2) is 0 Å². The van der Waals surface area contributed by atoms with Crippen LogP contribution in [0, 0.1) is 0 Å². The van der Waals surface area contributed by atoms with Crippen LogP contribution >= 0.6 is 0 Å². The molecule has 5 nitrogen and oxygen atoms in total. The van der Waals surface area contributed by atoms with E-state index in [0.717, 1.165) is 11.3 Å². The smallest absolute Gasteiger partial charge is 0.319 e. The van der Waals surface area contributed by atoms with Crippen molar-refractivity contribution in [2.75, 3.05) is 33.9 Å². The molecular formula is C13H20N2O3. The van der Waals surface area contributed by atoms with Gasteiger partial charge in [0.05, 0.1) is 13.7 Å². The third-order valence-corrected chi connectivity index (χ3v) is 2.53. The average Bonchev–Trinajstić information content (AvgIpc) is 2.39. The summed E-state index contributed by atoms with van der Waals surface area (Å²) in [5.41, 5.74) is 6.58. The van der Waals surface area contributed by atoms with Crippen molar-refractivity contribution in [2.24, 2.45) is 5.73 Å². The van der Waals surface area contributed by atoms with Crippen LogP contribution < -0.4 is 10.5 Å². The number of nitrogens with two attached hydrogens (primary N) is 1. The molecule has 1 aromatic rings. The van der Waals surface area contributed by atoms with Crippen LogP contribution in [0.2, 0.25) is 0 Å². The Morgan fingerprint density at radius 3 is 2.56 bits per heavy atom. The van der Waals surface area contributed by atoms with Crippen molar-refractivity contribution < 1.29 is 14.3 Å². The van der Waals surface area contributed by atoms with Crippen LogP contribution in [-0.4, -0.2) is 44.7 Å². The summed E-state index contributed by atoms with van der Waals surface area (Å²) in [6.45, 7) is 1.98. The predicted octanol–water partition coefficient (Wildman–Crippen LogP) is 0.629. The molecule has 2 N–H and O–H groups in total. The quantitative estimate of drug-likeness (QED) is 0.721. The lowest BCUT2D eigenvalue weighted by Gasteiger charge is -2.15. The van der Waals surface area contributed by atoms with Crippen LogP contribution in [0.15, 0.2) is 24.3 Å². The summed E-state index contributed by atoms with van der Waals surface area (Å²) in [4.78, 5) is 12.9. The van der Waals surface area contributed by atoms with Crippen LogP contribution in [0.25, 0.3) is 0 Å². The summed E-state index contributed by atoms with van der Waals surface area (Å²) in [5.74, 6) is 0.559. The van der Waals surface area contributed by atoms with Crippen molar-refractivity contribution >= 4 is 5.97 Å². The highest BCUT2D eigenvalue weighted by atomic mass is 16.5. The number of hydrogen-bond donors (Lipinski definition) is 1. The molecule has 0 heterocycles. The molecular weight excluding hydrogens is 232 g/mol. The molecule has 100 valence electrons. The van der Waals surface area contributed by atoms with Gasteiger partial charge in [-0.25, -0.2) is 0 Å². The van der Waals surface area contributed by atoms with Crippen LogP contribution in [0.4, 0.5) is 0 Å². The Hall–Kier alpha value is -1.59. The molecule has 0 aromatic heterocycles. The summed E-state index contributed by atoms with van der Waals surface area (Å²) >= 11 is 0. The van der Waals surface area contributed by atoms with Gasteiger partial charge in [0, 0.05) is 13.1 Å². The van der Waals surface area contributed by atoms with Gasteiger partial charge in [-0.3, -0.25) is 9.69 Å². The van der Waals surface area contributed by atoms with Crippen LogP contribution in [0.5, 0.6) is 5.75 Å². The third-order valence-electron chi connectivity index (χ3n) is 2.53. The van der Waals surface area contributed by atoms with Gasteiger partial charge in [-0.15, -0.1) is 0 Å². The van der Waals surface area contributed by atoms with Crippen molar-refractivity contribution in [1.29, 1.82) is 0 Å². The van der Waals surface area contributed by atoms with E-state index >= 15 is 0 Å². The predicted molar refractivity (Wildman–Crippen MR) is 69.3 cm³/mol. The first-order valence-corrected chi connectivity index (χ1v) is 5.83. The molecule has 0 aliphatic carbocycles. The zero-order valence-corrected chi connectivity index (χ0v) is 10.9. The molecule has 5 heteroatoms. The van der Waals surface area contributed by atoms with E-state index in [-0.39, 0.29) is 12.5 Å². The monoisotopic (exact) mass is 252 g/mol. The van der Waals surface area contributed by atoms with E-state index in [1.165, 1.54) is 7.11 Å². The SMILES string of the molecule is COC(=O)CN(C)CCOc1ccc(CN)cc1. The maximum absolute atomic E-state index is 11.0. The highest BCUT2D eigenvalue weighted by molar-refractivity contribution is 5.71. The number of esters is 1. The first kappa shape index (κ1) is 14.5. The fourth-order valence-electron chi connectivity index (χ4n) is 1.41. The Morgan fingerprint density at radius 1 is 1.33 bits per heavy atom. The minimum absolute atomic E-state index is 0.246. The average molecular weight is 252 g/mol. The van der Waals surface area contributed by atoms with Crippen LogP contribution in [0.3, 0.4) is 0 Å². The second kappa shape index (κ2) is 7.68. The van der Waals surface area contributed by atoms with Gasteiger partial charge in [0.1, 0.15) is 12.4 Å². The van der Waals surface area contributed by atoms with Crippen LogP contribution in [0.1, 0.15) is 5.56 Å². The molecule has 0 aliphatic heterocycles. The van der Waals surface area contributed by atoms with Crippen molar-refractivity contribution in [3.8, 4) is 5.75 Å². The minimum Gasteiger partial charge on any atom is -0.492 e. The molecule has 1 aromatic carbocycles. The van der Waals surface area contributed by atoms with Gasteiger partial charge in [-0.05, 0) is 24.7 Å². The van der Waals surface area contributed by atoms with E-state index in [0.29, 0.717) is 19.7 Å². The lowest BCUT2D eigenvalue weighted by Crippen LogP contribution is -2.30. The lowest BCUT2D eigenvalue weighted by atomic mass is 10.2. The highest BCUT2D eigenvalue weighted by Gasteiger charge is 2.05. The molecule has 0 spiro atoms. The molecule has 0 atom stereocenters. The molecule has 0 saturated heterocycles. The van der Waals surface area contributed by atoms with E-state index < -0.39 is 0 Å². The Bertz CT molecular complexity index is 365. The molecule has 1 rings (SSSR count). The summed E-state index contributed by atoms with van der Waals surface area (Å²) < 4.78 is 10.1. The Kier molecular flexibility index (Phi) is 6.18. The topological polar surface area (TPSA) is 64.8 Å². The molecule has 0 bridgehead atoms. The largest absolute Gasteiger partial charge is 0.492 e. The number of carbonyl (C=O) groups is 1. The van der Waals surface area contributed by atoms with Gasteiger partial charge >= 0.3 is 5.97 Å². The fraction of sp³-hybridized carbons (Fsp3) is 0.462. The van der Waals surface area contributed by atoms with Gasteiger partial charge < -0.3 is 15.2 Å². The number of benzene rings is 1. The lowest BCUT2D eigenvalue weighted by molar-refractivity contribution is -0.141. The molecule has 0 amide bonds. The maximum Gasteiger partial charge on any atom is 0.319 e. The summed E-state index contributed by atoms with van der Waals surface area (Å²) in [5, 5.41) is 0. The third kappa shape index (κ3) is 5.16. The summed E-state index contributed by atoms with van der Waals surface area (Å²) in [7, 11) is 3.23. The summed E-state index contributed by atoms with van der Waals surface area (Å²) in [6, 6.07) is 7.66. The number of carbonyl (C=O) groups excluding carboxylic acids is 1. The number of nitrogens with zero attached hydrogens (tertiary/aromatic N) is 1. The molecule has 0 fully saturated rings. The maximum atomic E-state index is 11.0. The molecule has 0 radical (unpaired) electrons. The van der Waals surface area contributed by atoms with Crippen molar-refractivity contribution in [2.45, 2.75) is 6.54 Å². The minimum atomic E-state index is -0.246. The summed E-state index contributed by atoms with van der Waals surface area (Å²) in [6.07, 6.45) is 0. The van der Waals surface area contributed by atoms with Gasteiger partial charge in [0.2, 0.25) is 0 Å². The second-order valence-electron chi connectivity index (χ2n) is 4.01. The molecule has 18 heavy (non-hydrogen) atoms. The highest BCUT2D eigenvalue weighted by Crippen LogP contribution is 2.11. The normalized spacial score (nSPS) is 10.4. The zero-order chi connectivity index (χ0) is 13.4. The van der Waals surface area contributed by atoms with E-state index in [9.17, 15) is 4.79 Å². The first-order chi connectivity index (χ1) is 8.65. The Morgan fingerprint density at radius 2 is 2.00 bits per heavy atom. The number of rotatable bonds is 7. The first-order valence-electron chi connectivity index (χ1n) is 5.83. The zero-order valence-electron chi connectivity index (χ0n) is 10.9. The Balaban J connectivity index is 2.26. The van der Waals surface area contributed by atoms with Crippen molar-refractivity contribution in [1.82, 2.24) is 4.90 Å². The van der Waals surface area contributed by atoms with Crippen molar-refractivity contribution in [3.63, 3.8) is 0 Å². The second-order valence-corrected chi connectivity index (χ2v) is 4.01. The Labute approximate surface area is 107 Å². The molecule has 0 saturated carbocycles. The van der Waals surface area contributed by atoms with E-state index in [2.05, 4.69) is 4.74 Å². The molecule has 0 unspecified atom stereocenters. The number of methoxy groups -OCH3 is 1.